The van der Waals surface area contributed by atoms with Gasteiger partial charge in [0.1, 0.15) is 0 Å². The fourth-order valence-corrected chi connectivity index (χ4v) is 10.8. The molecular formula is C53H51ClN4. The summed E-state index contributed by atoms with van der Waals surface area (Å²) in [6.07, 6.45) is 4.52. The van der Waals surface area contributed by atoms with Gasteiger partial charge in [0.25, 0.3) is 0 Å². The molecule has 0 saturated carbocycles. The molecular weight excluding hydrogens is 728 g/mol. The van der Waals surface area contributed by atoms with E-state index >= 15 is 0 Å². The lowest BCUT2D eigenvalue weighted by Crippen LogP contribution is -2.34. The van der Waals surface area contributed by atoms with Crippen LogP contribution in [0.25, 0.3) is 27.5 Å². The fourth-order valence-electron chi connectivity index (χ4n) is 10.5. The molecule has 7 aromatic rings. The molecule has 0 atom stereocenters. The normalized spacial score (nSPS) is 18.0. The molecule has 6 aromatic carbocycles. The van der Waals surface area contributed by atoms with Crippen molar-refractivity contribution in [2.45, 2.75) is 103 Å². The number of anilines is 6. The van der Waals surface area contributed by atoms with Gasteiger partial charge in [-0.3, -0.25) is 0 Å². The van der Waals surface area contributed by atoms with Crippen LogP contribution in [0.5, 0.6) is 0 Å². The minimum atomic E-state index is 0.00646. The van der Waals surface area contributed by atoms with E-state index in [0.29, 0.717) is 10.6 Å². The van der Waals surface area contributed by atoms with Crippen molar-refractivity contribution in [1.29, 1.82) is 5.26 Å². The average molecular weight is 779 g/mol. The van der Waals surface area contributed by atoms with E-state index in [2.05, 4.69) is 179 Å². The Morgan fingerprint density at radius 2 is 1.05 bits per heavy atom. The Labute approximate surface area is 348 Å². The molecule has 2 aliphatic carbocycles. The van der Waals surface area contributed by atoms with E-state index < -0.39 is 0 Å². The zero-order chi connectivity index (χ0) is 40.5. The first-order valence-electron chi connectivity index (χ1n) is 20.9. The topological polar surface area (TPSA) is 35.2 Å². The standard InChI is InChI=1S/C53H51ClN4/c1-50(2)24-26-52(5,6)40-30-34(20-22-38(40)50)56(35-21-23-39-41(31-35)53(7,8)27-25-51(39,3)4)46-28-33(32-55)29-47(48(46)54)57-43-17-11-12-18-44(43)58-42-16-10-9-14-36(42)37-15-13-19-45(57)49(37)58/h9-23,28-31H,24-27H2,1-8H3. The van der Waals surface area contributed by atoms with Crippen LogP contribution >= 0.6 is 11.6 Å². The Morgan fingerprint density at radius 1 is 0.534 bits per heavy atom. The van der Waals surface area contributed by atoms with Crippen LogP contribution in [0, 0.1) is 11.3 Å². The first kappa shape index (κ1) is 36.8. The number of aromatic nitrogens is 1. The minimum absolute atomic E-state index is 0.00646. The molecule has 58 heavy (non-hydrogen) atoms. The van der Waals surface area contributed by atoms with Gasteiger partial charge in [-0.1, -0.05) is 122 Å². The van der Waals surface area contributed by atoms with Gasteiger partial charge in [-0.05, 0) is 130 Å². The summed E-state index contributed by atoms with van der Waals surface area (Å²) < 4.78 is 2.38. The van der Waals surface area contributed by atoms with E-state index in [-0.39, 0.29) is 21.7 Å². The number of hydrogen-bond donors (Lipinski definition) is 0. The maximum Gasteiger partial charge on any atom is 0.0993 e. The summed E-state index contributed by atoms with van der Waals surface area (Å²) in [6.45, 7) is 19.0. The van der Waals surface area contributed by atoms with E-state index in [1.165, 1.54) is 33.0 Å². The van der Waals surface area contributed by atoms with Crippen LogP contribution in [0.3, 0.4) is 0 Å². The highest BCUT2D eigenvalue weighted by Gasteiger charge is 2.40. The number of para-hydroxylation sites is 4. The molecule has 2 heterocycles. The summed E-state index contributed by atoms with van der Waals surface area (Å²) in [7, 11) is 0. The lowest BCUT2D eigenvalue weighted by Gasteiger charge is -2.43. The third-order valence-electron chi connectivity index (χ3n) is 14.1. The van der Waals surface area contributed by atoms with Crippen molar-refractivity contribution in [1.82, 2.24) is 4.57 Å². The van der Waals surface area contributed by atoms with Gasteiger partial charge in [-0.15, -0.1) is 0 Å². The number of fused-ring (bicyclic) bond motifs is 7. The molecule has 0 spiro atoms. The predicted octanol–water partition coefficient (Wildman–Crippen LogP) is 15.3. The number of halogens is 1. The Kier molecular flexibility index (Phi) is 7.93. The quantitative estimate of drug-likeness (QED) is 0.178. The summed E-state index contributed by atoms with van der Waals surface area (Å²) in [5.74, 6) is 0. The fraction of sp³-hybridized carbons (Fsp3) is 0.302. The lowest BCUT2D eigenvalue weighted by molar-refractivity contribution is 0.332. The molecule has 1 aliphatic heterocycles. The van der Waals surface area contributed by atoms with E-state index in [0.717, 1.165) is 76.5 Å². The molecule has 0 bridgehead atoms. The van der Waals surface area contributed by atoms with Gasteiger partial charge in [-0.2, -0.15) is 5.26 Å². The second kappa shape index (κ2) is 12.5. The molecule has 0 amide bonds. The van der Waals surface area contributed by atoms with E-state index in [9.17, 15) is 5.26 Å². The third-order valence-corrected chi connectivity index (χ3v) is 14.5. The number of nitrogens with zero attached hydrogens (tertiary/aromatic N) is 4. The maximum atomic E-state index is 10.8. The van der Waals surface area contributed by atoms with Crippen molar-refractivity contribution in [2.24, 2.45) is 0 Å². The minimum Gasteiger partial charge on any atom is -0.309 e. The van der Waals surface area contributed by atoms with Crippen molar-refractivity contribution in [2.75, 3.05) is 9.80 Å². The zero-order valence-corrected chi connectivity index (χ0v) is 35.7. The molecule has 0 unspecified atom stereocenters. The number of hydrogen-bond acceptors (Lipinski definition) is 3. The smallest absolute Gasteiger partial charge is 0.0993 e. The maximum absolute atomic E-state index is 10.8. The van der Waals surface area contributed by atoms with E-state index in [4.69, 9.17) is 11.6 Å². The first-order chi connectivity index (χ1) is 27.6. The van der Waals surface area contributed by atoms with Crippen LogP contribution in [0.15, 0.2) is 115 Å². The Balaban J connectivity index is 1.26. The summed E-state index contributed by atoms with van der Waals surface area (Å²) in [4.78, 5) is 4.61. The molecule has 10 rings (SSSR count). The van der Waals surface area contributed by atoms with Gasteiger partial charge in [0, 0.05) is 22.1 Å². The number of rotatable bonds is 4. The molecule has 1 aromatic heterocycles. The SMILES string of the molecule is CC1(C)CCC(C)(C)c2cc(N(c3ccc4c(c3)C(C)(C)CCC4(C)C)c3cc(C#N)cc(N4c5ccccc5-n5c6ccccc6c6cccc4c65)c3Cl)ccc21. The molecule has 0 radical (unpaired) electrons. The molecule has 290 valence electrons. The number of benzene rings is 6. The van der Waals surface area contributed by atoms with Crippen molar-refractivity contribution in [3.63, 3.8) is 0 Å². The highest BCUT2D eigenvalue weighted by Crippen LogP contribution is 2.55. The largest absolute Gasteiger partial charge is 0.309 e. The van der Waals surface area contributed by atoms with E-state index in [1.807, 2.05) is 12.1 Å². The Hall–Kier alpha value is -5.50. The summed E-state index contributed by atoms with van der Waals surface area (Å²) >= 11 is 7.96. The zero-order valence-electron chi connectivity index (χ0n) is 35.0. The molecule has 0 fully saturated rings. The second-order valence-corrected chi connectivity index (χ2v) is 20.0. The van der Waals surface area contributed by atoms with Crippen LogP contribution in [0.1, 0.15) is 109 Å². The summed E-state index contributed by atoms with van der Waals surface area (Å²) in [5.41, 5.74) is 15.3. The highest BCUT2D eigenvalue weighted by atomic mass is 35.5. The van der Waals surface area contributed by atoms with Crippen LogP contribution in [-0.2, 0) is 21.7 Å². The van der Waals surface area contributed by atoms with Crippen molar-refractivity contribution < 1.29 is 0 Å². The van der Waals surface area contributed by atoms with Crippen LogP contribution < -0.4 is 9.80 Å². The predicted molar refractivity (Wildman–Crippen MR) is 244 cm³/mol. The lowest BCUT2D eigenvalue weighted by atomic mass is 9.63. The average Bonchev–Trinajstić information content (AvgIpc) is 3.55. The summed E-state index contributed by atoms with van der Waals surface area (Å²) in [6, 6.07) is 44.3. The van der Waals surface area contributed by atoms with Gasteiger partial charge in [-0.25, -0.2) is 0 Å². The Bertz CT molecular complexity index is 2820. The molecule has 0 N–H and O–H groups in total. The van der Waals surface area contributed by atoms with E-state index in [1.54, 1.807) is 0 Å². The Morgan fingerprint density at radius 3 is 1.66 bits per heavy atom. The van der Waals surface area contributed by atoms with Crippen molar-refractivity contribution >= 4 is 67.5 Å². The highest BCUT2D eigenvalue weighted by molar-refractivity contribution is 6.37. The van der Waals surface area contributed by atoms with Crippen molar-refractivity contribution in [3.8, 4) is 11.8 Å². The van der Waals surface area contributed by atoms with Gasteiger partial charge in [0.2, 0.25) is 0 Å². The molecule has 3 aliphatic rings. The van der Waals surface area contributed by atoms with Gasteiger partial charge < -0.3 is 14.4 Å². The van der Waals surface area contributed by atoms with Gasteiger partial charge >= 0.3 is 0 Å². The summed E-state index contributed by atoms with van der Waals surface area (Å²) in [5, 5.41) is 13.8. The van der Waals surface area contributed by atoms with Gasteiger partial charge in [0.15, 0.2) is 0 Å². The van der Waals surface area contributed by atoms with Crippen LogP contribution in [0.2, 0.25) is 5.02 Å². The monoisotopic (exact) mass is 778 g/mol. The van der Waals surface area contributed by atoms with Crippen molar-refractivity contribution in [3.05, 3.63) is 148 Å². The third kappa shape index (κ3) is 5.32. The van der Waals surface area contributed by atoms with Gasteiger partial charge in [0.05, 0.1) is 56.1 Å². The number of nitriles is 1. The van der Waals surface area contributed by atoms with Crippen LogP contribution in [-0.4, -0.2) is 4.57 Å². The van der Waals surface area contributed by atoms with Crippen LogP contribution in [0.4, 0.5) is 34.1 Å². The molecule has 0 saturated heterocycles. The first-order valence-corrected chi connectivity index (χ1v) is 21.2. The molecule has 4 nitrogen and oxygen atoms in total. The second-order valence-electron chi connectivity index (χ2n) is 19.6. The molecule has 5 heteroatoms.